The lowest BCUT2D eigenvalue weighted by Crippen LogP contribution is -2.46. The largest absolute Gasteiger partial charge is 0.295 e. The first-order chi connectivity index (χ1) is 10.2. The minimum Gasteiger partial charge on any atom is -0.295 e. The molecule has 0 unspecified atom stereocenters. The van der Waals surface area contributed by atoms with Crippen molar-refractivity contribution >= 4 is 11.6 Å². The Morgan fingerprint density at radius 2 is 1.95 bits per heavy atom. The van der Waals surface area contributed by atoms with Crippen molar-refractivity contribution in [3.05, 3.63) is 52.8 Å². The summed E-state index contributed by atoms with van der Waals surface area (Å²) in [4.78, 5) is 4.97. The average molecular weight is 305 g/mol. The van der Waals surface area contributed by atoms with Gasteiger partial charge in [0.25, 0.3) is 0 Å². The van der Waals surface area contributed by atoms with E-state index in [9.17, 15) is 0 Å². The molecule has 0 bridgehead atoms. The molecule has 5 heteroatoms. The highest BCUT2D eigenvalue weighted by Crippen LogP contribution is 2.27. The third-order valence-electron chi connectivity index (χ3n) is 4.26. The topological polar surface area (TPSA) is 35.2 Å². The van der Waals surface area contributed by atoms with Crippen LogP contribution >= 0.6 is 11.6 Å². The van der Waals surface area contributed by atoms with Gasteiger partial charge in [0.2, 0.25) is 0 Å². The van der Waals surface area contributed by atoms with Gasteiger partial charge in [0.05, 0.1) is 0 Å². The zero-order chi connectivity index (χ0) is 14.7. The SMILES string of the molecule is C[C@H](c1ccccc1Cl)N1CCN(Cc2ccn[nH]2)CC1. The van der Waals surface area contributed by atoms with Crippen molar-refractivity contribution in [2.75, 3.05) is 26.2 Å². The maximum Gasteiger partial charge on any atom is 0.0492 e. The van der Waals surface area contributed by atoms with E-state index in [1.807, 2.05) is 24.4 Å². The van der Waals surface area contributed by atoms with Crippen molar-refractivity contribution in [3.63, 3.8) is 0 Å². The molecule has 2 aromatic rings. The Labute approximate surface area is 130 Å². The van der Waals surface area contributed by atoms with E-state index in [1.54, 1.807) is 0 Å². The number of hydrogen-bond donors (Lipinski definition) is 1. The molecule has 2 heterocycles. The van der Waals surface area contributed by atoms with Crippen molar-refractivity contribution in [2.24, 2.45) is 0 Å². The van der Waals surface area contributed by atoms with Crippen LogP contribution in [-0.4, -0.2) is 46.2 Å². The Bertz CT molecular complexity index is 561. The third-order valence-corrected chi connectivity index (χ3v) is 4.61. The van der Waals surface area contributed by atoms with E-state index < -0.39 is 0 Å². The van der Waals surface area contributed by atoms with Crippen LogP contribution in [0.15, 0.2) is 36.5 Å². The molecule has 21 heavy (non-hydrogen) atoms. The molecule has 1 aliphatic heterocycles. The van der Waals surface area contributed by atoms with Crippen molar-refractivity contribution in [1.82, 2.24) is 20.0 Å². The molecule has 4 nitrogen and oxygen atoms in total. The number of nitrogens with one attached hydrogen (secondary N) is 1. The number of piperazine rings is 1. The van der Waals surface area contributed by atoms with Crippen LogP contribution in [0.1, 0.15) is 24.2 Å². The van der Waals surface area contributed by atoms with Gasteiger partial charge < -0.3 is 0 Å². The number of halogens is 1. The summed E-state index contributed by atoms with van der Waals surface area (Å²) in [5, 5.41) is 7.90. The van der Waals surface area contributed by atoms with Crippen LogP contribution in [0.3, 0.4) is 0 Å². The summed E-state index contributed by atoms with van der Waals surface area (Å²) in [7, 11) is 0. The van der Waals surface area contributed by atoms with Gasteiger partial charge >= 0.3 is 0 Å². The Morgan fingerprint density at radius 1 is 1.19 bits per heavy atom. The first kappa shape index (κ1) is 14.6. The standard InChI is InChI=1S/C16H21ClN4/c1-13(15-4-2-3-5-16(15)17)21-10-8-20(9-11-21)12-14-6-7-18-19-14/h2-7,13H,8-12H2,1H3,(H,18,19)/t13-/m1/s1. The molecule has 3 rings (SSSR count). The van der Waals surface area contributed by atoms with Crippen molar-refractivity contribution in [2.45, 2.75) is 19.5 Å². The van der Waals surface area contributed by atoms with Crippen LogP contribution in [0.5, 0.6) is 0 Å². The van der Waals surface area contributed by atoms with Crippen LogP contribution in [0.2, 0.25) is 5.02 Å². The number of aromatic amines is 1. The number of aromatic nitrogens is 2. The van der Waals surface area contributed by atoms with Crippen molar-refractivity contribution < 1.29 is 0 Å². The summed E-state index contributed by atoms with van der Waals surface area (Å²) in [5.41, 5.74) is 2.41. The van der Waals surface area contributed by atoms with E-state index >= 15 is 0 Å². The van der Waals surface area contributed by atoms with E-state index in [-0.39, 0.29) is 0 Å². The fourth-order valence-electron chi connectivity index (χ4n) is 2.93. The Morgan fingerprint density at radius 3 is 2.62 bits per heavy atom. The number of nitrogens with zero attached hydrogens (tertiary/aromatic N) is 3. The average Bonchev–Trinajstić information content (AvgIpc) is 3.01. The molecule has 1 fully saturated rings. The van der Waals surface area contributed by atoms with E-state index in [4.69, 9.17) is 11.6 Å². The van der Waals surface area contributed by atoms with Crippen LogP contribution in [-0.2, 0) is 6.54 Å². The monoisotopic (exact) mass is 304 g/mol. The summed E-state index contributed by atoms with van der Waals surface area (Å²) >= 11 is 6.31. The molecule has 0 saturated carbocycles. The Hall–Kier alpha value is -1.36. The van der Waals surface area contributed by atoms with Gasteiger partial charge in [-0.2, -0.15) is 5.10 Å². The summed E-state index contributed by atoms with van der Waals surface area (Å²) < 4.78 is 0. The highest BCUT2D eigenvalue weighted by atomic mass is 35.5. The van der Waals surface area contributed by atoms with Gasteiger partial charge in [0.1, 0.15) is 0 Å². The quantitative estimate of drug-likeness (QED) is 0.943. The van der Waals surface area contributed by atoms with Crippen LogP contribution < -0.4 is 0 Å². The zero-order valence-corrected chi connectivity index (χ0v) is 13.1. The van der Waals surface area contributed by atoms with Crippen LogP contribution in [0.25, 0.3) is 0 Å². The molecule has 0 spiro atoms. The van der Waals surface area contributed by atoms with Gasteiger partial charge in [-0.05, 0) is 24.6 Å². The molecular weight excluding hydrogens is 284 g/mol. The first-order valence-electron chi connectivity index (χ1n) is 7.43. The molecule has 112 valence electrons. The van der Waals surface area contributed by atoms with E-state index in [0.717, 1.165) is 37.7 Å². The molecule has 0 radical (unpaired) electrons. The minimum atomic E-state index is 0.369. The van der Waals surface area contributed by atoms with E-state index in [1.165, 1.54) is 11.3 Å². The lowest BCUT2D eigenvalue weighted by atomic mass is 10.1. The van der Waals surface area contributed by atoms with Crippen LogP contribution in [0.4, 0.5) is 0 Å². The molecule has 1 atom stereocenters. The summed E-state index contributed by atoms with van der Waals surface area (Å²) in [6.07, 6.45) is 1.81. The fourth-order valence-corrected chi connectivity index (χ4v) is 3.23. The fraction of sp³-hybridized carbons (Fsp3) is 0.438. The smallest absolute Gasteiger partial charge is 0.0492 e. The van der Waals surface area contributed by atoms with Gasteiger partial charge in [-0.3, -0.25) is 14.9 Å². The number of benzene rings is 1. The minimum absolute atomic E-state index is 0.369. The normalized spacial score (nSPS) is 18.8. The maximum absolute atomic E-state index is 6.31. The predicted molar refractivity (Wildman–Crippen MR) is 85.3 cm³/mol. The number of rotatable bonds is 4. The molecule has 1 aliphatic rings. The zero-order valence-electron chi connectivity index (χ0n) is 12.3. The second-order valence-corrected chi connectivity index (χ2v) is 6.00. The van der Waals surface area contributed by atoms with Crippen molar-refractivity contribution in [1.29, 1.82) is 0 Å². The van der Waals surface area contributed by atoms with Crippen LogP contribution in [0, 0.1) is 0 Å². The second-order valence-electron chi connectivity index (χ2n) is 5.59. The molecule has 0 amide bonds. The maximum atomic E-state index is 6.31. The predicted octanol–water partition coefficient (Wildman–Crippen LogP) is 2.94. The molecule has 0 aliphatic carbocycles. The third kappa shape index (κ3) is 3.46. The first-order valence-corrected chi connectivity index (χ1v) is 7.81. The molecule has 1 N–H and O–H groups in total. The Kier molecular flexibility index (Phi) is 4.58. The highest BCUT2D eigenvalue weighted by Gasteiger charge is 2.23. The lowest BCUT2D eigenvalue weighted by molar-refractivity contribution is 0.0971. The number of hydrogen-bond acceptors (Lipinski definition) is 3. The Balaban J connectivity index is 1.57. The number of H-pyrrole nitrogens is 1. The van der Waals surface area contributed by atoms with Gasteiger partial charge in [-0.15, -0.1) is 0 Å². The molecule has 1 aromatic heterocycles. The lowest BCUT2D eigenvalue weighted by Gasteiger charge is -2.38. The van der Waals surface area contributed by atoms with Gasteiger partial charge in [0, 0.05) is 55.7 Å². The molecule has 1 saturated heterocycles. The second kappa shape index (κ2) is 6.60. The molecule has 1 aromatic carbocycles. The van der Waals surface area contributed by atoms with Crippen molar-refractivity contribution in [3.8, 4) is 0 Å². The van der Waals surface area contributed by atoms with Gasteiger partial charge in [-0.1, -0.05) is 29.8 Å². The van der Waals surface area contributed by atoms with E-state index in [0.29, 0.717) is 6.04 Å². The summed E-state index contributed by atoms with van der Waals surface area (Å²) in [6.45, 7) is 7.49. The van der Waals surface area contributed by atoms with Gasteiger partial charge in [0.15, 0.2) is 0 Å². The van der Waals surface area contributed by atoms with Gasteiger partial charge in [-0.25, -0.2) is 0 Å². The van der Waals surface area contributed by atoms with E-state index in [2.05, 4.69) is 39.1 Å². The summed E-state index contributed by atoms with van der Waals surface area (Å²) in [6, 6.07) is 10.6. The molecular formula is C16H21ClN4. The summed E-state index contributed by atoms with van der Waals surface area (Å²) in [5.74, 6) is 0. The highest BCUT2D eigenvalue weighted by molar-refractivity contribution is 6.31.